The highest BCUT2D eigenvalue weighted by Gasteiger charge is 2.28. The molecular formula is C31H41N5O7. The number of nitrogens with one attached hydrogen (secondary N) is 3. The molecule has 3 aromatic rings. The summed E-state index contributed by atoms with van der Waals surface area (Å²) in [4.78, 5) is 41.6. The van der Waals surface area contributed by atoms with Crippen LogP contribution in [0.25, 0.3) is 0 Å². The molecule has 0 saturated carbocycles. The van der Waals surface area contributed by atoms with Gasteiger partial charge in [0.1, 0.15) is 23.4 Å². The molecule has 2 aromatic carbocycles. The standard InChI is InChI=1S/C31H41N5O7/c1-19-15-22(37)16-20(2)23(19)18-25(34-29(39)40)27(38)33-24(13-9-10-14-32-30(41)42-31(3,4)5)28-35-26(36-43-28)17-21-11-7-6-8-12-21/h6-8,11-12,15-16,24-25,34,37H,9-10,13-14,17-18H2,1-5H3,(H,32,41)(H,33,38)(H,39,40)/t24-,25?/m0/s1. The van der Waals surface area contributed by atoms with Crippen molar-refractivity contribution in [3.05, 3.63) is 76.4 Å². The summed E-state index contributed by atoms with van der Waals surface area (Å²) in [7, 11) is 0. The van der Waals surface area contributed by atoms with Crippen molar-refractivity contribution in [2.45, 2.75) is 84.4 Å². The van der Waals surface area contributed by atoms with E-state index in [-0.39, 0.29) is 18.1 Å². The fraction of sp³-hybridized carbons (Fsp3) is 0.452. The zero-order chi connectivity index (χ0) is 31.6. The summed E-state index contributed by atoms with van der Waals surface area (Å²) in [6, 6.07) is 10.9. The third-order valence-electron chi connectivity index (χ3n) is 6.59. The molecule has 2 atom stereocenters. The number of phenolic OH excluding ortho intramolecular Hbond substituents is 1. The molecule has 43 heavy (non-hydrogen) atoms. The number of aromatic hydroxyl groups is 1. The molecule has 3 rings (SSSR count). The van der Waals surface area contributed by atoms with Crippen molar-refractivity contribution in [2.75, 3.05) is 6.54 Å². The topological polar surface area (TPSA) is 176 Å². The Bertz CT molecular complexity index is 1360. The molecule has 0 aliphatic rings. The van der Waals surface area contributed by atoms with Gasteiger partial charge >= 0.3 is 12.2 Å². The van der Waals surface area contributed by atoms with E-state index in [4.69, 9.17) is 9.26 Å². The van der Waals surface area contributed by atoms with Gasteiger partial charge in [-0.15, -0.1) is 0 Å². The van der Waals surface area contributed by atoms with Crippen LogP contribution < -0.4 is 16.0 Å². The number of carbonyl (C=O) groups is 3. The van der Waals surface area contributed by atoms with E-state index in [9.17, 15) is 24.6 Å². The first-order valence-corrected chi connectivity index (χ1v) is 14.2. The molecule has 0 fully saturated rings. The Labute approximate surface area is 251 Å². The highest BCUT2D eigenvalue weighted by molar-refractivity contribution is 5.86. The van der Waals surface area contributed by atoms with E-state index in [0.717, 1.165) is 22.3 Å². The summed E-state index contributed by atoms with van der Waals surface area (Å²) < 4.78 is 10.8. The third-order valence-corrected chi connectivity index (χ3v) is 6.59. The number of hydrogen-bond donors (Lipinski definition) is 5. The first-order valence-electron chi connectivity index (χ1n) is 14.2. The number of hydrogen-bond acceptors (Lipinski definition) is 8. The predicted molar refractivity (Wildman–Crippen MR) is 159 cm³/mol. The van der Waals surface area contributed by atoms with Crippen molar-refractivity contribution in [1.82, 2.24) is 26.1 Å². The van der Waals surface area contributed by atoms with Crippen LogP contribution in [0.15, 0.2) is 47.0 Å². The van der Waals surface area contributed by atoms with Crippen LogP contribution in [0, 0.1) is 13.8 Å². The molecule has 1 aromatic heterocycles. The van der Waals surface area contributed by atoms with Crippen LogP contribution in [0.5, 0.6) is 5.75 Å². The van der Waals surface area contributed by atoms with Gasteiger partial charge in [-0.05, 0) is 88.3 Å². The number of rotatable bonds is 13. The molecule has 0 saturated heterocycles. The van der Waals surface area contributed by atoms with Crippen LogP contribution in [0.1, 0.15) is 80.0 Å². The molecular weight excluding hydrogens is 554 g/mol. The van der Waals surface area contributed by atoms with Crippen molar-refractivity contribution in [2.24, 2.45) is 0 Å². The van der Waals surface area contributed by atoms with E-state index in [1.807, 2.05) is 30.3 Å². The fourth-order valence-electron chi connectivity index (χ4n) is 4.62. The summed E-state index contributed by atoms with van der Waals surface area (Å²) in [6.45, 7) is 9.30. The first-order chi connectivity index (χ1) is 20.3. The largest absolute Gasteiger partial charge is 0.508 e. The Kier molecular flexibility index (Phi) is 11.5. The van der Waals surface area contributed by atoms with Crippen molar-refractivity contribution in [3.8, 4) is 5.75 Å². The Balaban J connectivity index is 1.74. The van der Waals surface area contributed by atoms with E-state index in [2.05, 4.69) is 26.1 Å². The van der Waals surface area contributed by atoms with E-state index in [1.165, 1.54) is 0 Å². The second-order valence-electron chi connectivity index (χ2n) is 11.5. The monoisotopic (exact) mass is 595 g/mol. The van der Waals surface area contributed by atoms with Crippen LogP contribution in [-0.4, -0.2) is 56.6 Å². The number of aromatic nitrogens is 2. The van der Waals surface area contributed by atoms with Gasteiger partial charge in [-0.3, -0.25) is 4.79 Å². The number of unbranched alkanes of at least 4 members (excludes halogenated alkanes) is 1. The molecule has 12 heteroatoms. The molecule has 12 nitrogen and oxygen atoms in total. The Morgan fingerprint density at radius 3 is 2.33 bits per heavy atom. The smallest absolute Gasteiger partial charge is 0.407 e. The highest BCUT2D eigenvalue weighted by Crippen LogP contribution is 2.23. The molecule has 5 N–H and O–H groups in total. The maximum Gasteiger partial charge on any atom is 0.407 e. The van der Waals surface area contributed by atoms with Gasteiger partial charge in [-0.1, -0.05) is 35.5 Å². The van der Waals surface area contributed by atoms with Crippen molar-refractivity contribution >= 4 is 18.1 Å². The number of carboxylic acid groups (broad SMARTS) is 1. The van der Waals surface area contributed by atoms with Crippen LogP contribution in [0.4, 0.5) is 9.59 Å². The average Bonchev–Trinajstić information content (AvgIpc) is 3.36. The number of alkyl carbamates (subject to hydrolysis) is 1. The van der Waals surface area contributed by atoms with Crippen LogP contribution >= 0.6 is 0 Å². The Hall–Kier alpha value is -4.61. The maximum atomic E-state index is 13.5. The van der Waals surface area contributed by atoms with E-state index < -0.39 is 35.8 Å². The normalized spacial score (nSPS) is 12.7. The highest BCUT2D eigenvalue weighted by atomic mass is 16.6. The van der Waals surface area contributed by atoms with E-state index in [0.29, 0.717) is 38.1 Å². The summed E-state index contributed by atoms with van der Waals surface area (Å²) in [5.41, 5.74) is 2.61. The lowest BCUT2D eigenvalue weighted by Gasteiger charge is -2.22. The molecule has 232 valence electrons. The summed E-state index contributed by atoms with van der Waals surface area (Å²) in [5, 5.41) is 31.4. The van der Waals surface area contributed by atoms with Crippen molar-refractivity contribution in [1.29, 1.82) is 0 Å². The minimum atomic E-state index is -1.35. The number of phenols is 1. The summed E-state index contributed by atoms with van der Waals surface area (Å²) >= 11 is 0. The maximum absolute atomic E-state index is 13.5. The third kappa shape index (κ3) is 11.0. The van der Waals surface area contributed by atoms with Crippen LogP contribution in [0.2, 0.25) is 0 Å². The van der Waals surface area contributed by atoms with Gasteiger partial charge in [-0.2, -0.15) is 4.98 Å². The quantitative estimate of drug-likeness (QED) is 0.175. The van der Waals surface area contributed by atoms with Gasteiger partial charge in [0.15, 0.2) is 5.82 Å². The predicted octanol–water partition coefficient (Wildman–Crippen LogP) is 4.71. The molecule has 0 bridgehead atoms. The van der Waals surface area contributed by atoms with Gasteiger partial charge in [0.2, 0.25) is 11.8 Å². The summed E-state index contributed by atoms with van der Waals surface area (Å²) in [6.07, 6.45) is 0.207. The fourth-order valence-corrected chi connectivity index (χ4v) is 4.62. The second-order valence-corrected chi connectivity index (χ2v) is 11.5. The number of carbonyl (C=O) groups excluding carboxylic acids is 2. The van der Waals surface area contributed by atoms with Gasteiger partial charge in [0.05, 0.1) is 0 Å². The second kappa shape index (κ2) is 15.0. The molecule has 0 aliphatic carbocycles. The number of aryl methyl sites for hydroxylation is 2. The molecule has 0 spiro atoms. The lowest BCUT2D eigenvalue weighted by molar-refractivity contribution is -0.124. The molecule has 3 amide bonds. The zero-order valence-electron chi connectivity index (χ0n) is 25.3. The lowest BCUT2D eigenvalue weighted by atomic mass is 9.95. The minimum Gasteiger partial charge on any atom is -0.508 e. The SMILES string of the molecule is Cc1cc(O)cc(C)c1CC(NC(=O)O)C(=O)N[C@@H](CCCCNC(=O)OC(C)(C)C)c1nc(Cc2ccccc2)no1. The molecule has 0 aliphatic heterocycles. The Morgan fingerprint density at radius 2 is 1.70 bits per heavy atom. The average molecular weight is 596 g/mol. The number of amides is 3. The van der Waals surface area contributed by atoms with Crippen LogP contribution in [-0.2, 0) is 22.4 Å². The minimum absolute atomic E-state index is 0.0751. The van der Waals surface area contributed by atoms with Crippen LogP contribution in [0.3, 0.4) is 0 Å². The molecule has 0 radical (unpaired) electrons. The van der Waals surface area contributed by atoms with Gasteiger partial charge < -0.3 is 35.4 Å². The number of benzene rings is 2. The first kappa shape index (κ1) is 32.9. The van der Waals surface area contributed by atoms with Gasteiger partial charge in [-0.25, -0.2) is 9.59 Å². The van der Waals surface area contributed by atoms with Crippen molar-refractivity contribution < 1.29 is 33.9 Å². The van der Waals surface area contributed by atoms with Crippen molar-refractivity contribution in [3.63, 3.8) is 0 Å². The Morgan fingerprint density at radius 1 is 1.02 bits per heavy atom. The molecule has 1 heterocycles. The molecule has 1 unspecified atom stereocenters. The number of ether oxygens (including phenoxy) is 1. The van der Waals surface area contributed by atoms with E-state index >= 15 is 0 Å². The summed E-state index contributed by atoms with van der Waals surface area (Å²) in [5.74, 6) is 0.178. The van der Waals surface area contributed by atoms with Gasteiger partial charge in [0.25, 0.3) is 0 Å². The number of nitrogens with zero attached hydrogens (tertiary/aromatic N) is 2. The van der Waals surface area contributed by atoms with Gasteiger partial charge in [0, 0.05) is 19.4 Å². The zero-order valence-corrected chi connectivity index (χ0v) is 25.3. The lowest BCUT2D eigenvalue weighted by Crippen LogP contribution is -2.48. The van der Waals surface area contributed by atoms with E-state index in [1.54, 1.807) is 46.8 Å².